The molecule has 0 saturated carbocycles. The van der Waals surface area contributed by atoms with E-state index in [1.165, 1.54) is 6.21 Å². The van der Waals surface area contributed by atoms with E-state index in [4.69, 9.17) is 21.7 Å². The molecule has 0 atom stereocenters. The Balaban J connectivity index is 0.00000242. The summed E-state index contributed by atoms with van der Waals surface area (Å²) in [5.41, 5.74) is 1.10. The smallest absolute Gasteiger partial charge is 0.222 e. The van der Waals surface area contributed by atoms with Crippen molar-refractivity contribution in [2.75, 3.05) is 7.11 Å². The molecule has 4 nitrogen and oxygen atoms in total. The molecule has 0 amide bonds. The van der Waals surface area contributed by atoms with Gasteiger partial charge in [0.15, 0.2) is 6.21 Å². The van der Waals surface area contributed by atoms with Gasteiger partial charge in [-0.05, 0) is 36.5 Å². The van der Waals surface area contributed by atoms with Crippen LogP contribution < -0.4 is 9.47 Å². The van der Waals surface area contributed by atoms with Crippen LogP contribution >= 0.6 is 24.8 Å². The fourth-order valence-corrected chi connectivity index (χ4v) is 1.89. The van der Waals surface area contributed by atoms with Crippen molar-refractivity contribution in [3.05, 3.63) is 59.3 Å². The molecular weight excluding hydrogens is 345 g/mol. The third kappa shape index (κ3) is 5.66. The molecule has 109 valence electrons. The molecule has 1 radical (unpaired) electrons. The van der Waals surface area contributed by atoms with Gasteiger partial charge in [0.05, 0.1) is 12.7 Å². The van der Waals surface area contributed by atoms with Gasteiger partial charge in [0.2, 0.25) is 10.1 Å². The summed E-state index contributed by atoms with van der Waals surface area (Å²) in [5, 5.41) is 12.2. The van der Waals surface area contributed by atoms with Crippen LogP contribution in [0, 0.1) is 5.21 Å². The normalized spacial score (nSPS) is 10.5. The van der Waals surface area contributed by atoms with E-state index in [2.05, 4.69) is 12.6 Å². The van der Waals surface area contributed by atoms with Crippen molar-refractivity contribution in [2.45, 2.75) is 0 Å². The summed E-state index contributed by atoms with van der Waals surface area (Å²) >= 11 is 8.72. The number of methoxy groups -OCH3 is 1. The molecule has 0 aliphatic heterocycles. The zero-order valence-corrected chi connectivity index (χ0v) is 17.1. The van der Waals surface area contributed by atoms with Crippen molar-refractivity contribution in [3.63, 3.8) is 0 Å². The van der Waals surface area contributed by atoms with Crippen molar-refractivity contribution >= 4 is 92.5 Å². The van der Waals surface area contributed by atoms with Crippen LogP contribution in [0.1, 0.15) is 5.56 Å². The molecule has 2 rings (SSSR count). The zero-order chi connectivity index (χ0) is 15.2. The Kier molecular flexibility index (Phi) is 8.62. The van der Waals surface area contributed by atoms with E-state index >= 15 is 0 Å². The summed E-state index contributed by atoms with van der Waals surface area (Å²) < 4.78 is 11.2. The first kappa shape index (κ1) is 19.6. The number of nitrogens with zero attached hydrogens (tertiary/aromatic N) is 1. The zero-order valence-electron chi connectivity index (χ0n) is 12.2. The van der Waals surface area contributed by atoms with Crippen molar-refractivity contribution in [2.24, 2.45) is 0 Å². The molecule has 0 N–H and O–H groups in total. The van der Waals surface area contributed by atoms with Crippen LogP contribution in [0.25, 0.3) is 0 Å². The number of rotatable bonds is 4. The molecule has 0 bridgehead atoms. The van der Waals surface area contributed by atoms with E-state index in [9.17, 15) is 5.21 Å². The van der Waals surface area contributed by atoms with Gasteiger partial charge >= 0.3 is 0 Å². The van der Waals surface area contributed by atoms with E-state index in [0.717, 1.165) is 4.74 Å². The Morgan fingerprint density at radius 3 is 2.41 bits per heavy atom. The Morgan fingerprint density at radius 1 is 1.18 bits per heavy atom. The molecule has 0 aliphatic rings. The predicted molar refractivity (Wildman–Crippen MR) is 95.9 cm³/mol. The van der Waals surface area contributed by atoms with E-state index in [-0.39, 0.29) is 55.8 Å². The third-order valence-corrected chi connectivity index (χ3v) is 2.87. The maximum absolute atomic E-state index is 12.2. The van der Waals surface area contributed by atoms with Gasteiger partial charge in [0.25, 0.3) is 0 Å². The number of para-hydroxylation sites is 1. The first-order chi connectivity index (χ1) is 10.1. The maximum Gasteiger partial charge on any atom is 0.222 e. The molecule has 2 aromatic rings. The SMILES string of the molecule is COc1ccc(/[N+]([O-])=C/c2ccccc2OC(=S)S)cc1.[K]. The van der Waals surface area contributed by atoms with Gasteiger partial charge < -0.3 is 14.7 Å². The molecule has 0 aliphatic carbocycles. The van der Waals surface area contributed by atoms with Crippen LogP contribution in [-0.2, 0) is 0 Å². The minimum absolute atomic E-state index is 0. The quantitative estimate of drug-likeness (QED) is 0.173. The van der Waals surface area contributed by atoms with Gasteiger partial charge in [-0.3, -0.25) is 0 Å². The minimum Gasteiger partial charge on any atom is -0.618 e. The van der Waals surface area contributed by atoms with Gasteiger partial charge in [-0.1, -0.05) is 24.8 Å². The van der Waals surface area contributed by atoms with Crippen molar-refractivity contribution in [1.29, 1.82) is 0 Å². The van der Waals surface area contributed by atoms with Crippen molar-refractivity contribution in [3.8, 4) is 11.5 Å². The first-order valence-electron chi connectivity index (χ1n) is 6.05. The average molecular weight is 359 g/mol. The van der Waals surface area contributed by atoms with Crippen LogP contribution in [0.5, 0.6) is 11.5 Å². The predicted octanol–water partition coefficient (Wildman–Crippen LogP) is 3.17. The van der Waals surface area contributed by atoms with Crippen molar-refractivity contribution in [1.82, 2.24) is 0 Å². The molecule has 0 saturated heterocycles. The van der Waals surface area contributed by atoms with E-state index in [1.807, 2.05) is 6.07 Å². The van der Waals surface area contributed by atoms with Crippen molar-refractivity contribution < 1.29 is 14.2 Å². The number of ether oxygens (including phenoxy) is 2. The van der Waals surface area contributed by atoms with Crippen LogP contribution in [-0.4, -0.2) is 73.8 Å². The number of hydrogen-bond acceptors (Lipinski definition) is 4. The number of thiol groups is 1. The molecule has 22 heavy (non-hydrogen) atoms. The summed E-state index contributed by atoms with van der Waals surface area (Å²) in [6, 6.07) is 13.9. The summed E-state index contributed by atoms with van der Waals surface area (Å²) in [6.07, 6.45) is 1.42. The second-order valence-corrected chi connectivity index (χ2v) is 5.14. The average Bonchev–Trinajstić information content (AvgIpc) is 2.49. The third-order valence-electron chi connectivity index (χ3n) is 2.70. The maximum atomic E-state index is 12.2. The molecular formula is C15H13KNO3S2. The van der Waals surface area contributed by atoms with Gasteiger partial charge in [-0.15, -0.1) is 0 Å². The van der Waals surface area contributed by atoms with Gasteiger partial charge in [-0.25, -0.2) is 0 Å². The molecule has 2 aromatic carbocycles. The molecule has 0 aromatic heterocycles. The fraction of sp³-hybridized carbons (Fsp3) is 0.0667. The summed E-state index contributed by atoms with van der Waals surface area (Å²) in [6.45, 7) is 0. The molecule has 7 heteroatoms. The number of hydrogen-bond donors (Lipinski definition) is 1. The van der Waals surface area contributed by atoms with Crippen LogP contribution in [0.3, 0.4) is 0 Å². The summed E-state index contributed by atoms with van der Waals surface area (Å²) in [7, 11) is 1.57. The minimum atomic E-state index is 0. The van der Waals surface area contributed by atoms with Gasteiger partial charge in [0, 0.05) is 63.5 Å². The Labute approximate surface area is 182 Å². The standard InChI is InChI=1S/C15H13NO3S2.K/c1-18-13-8-6-12(7-9-13)16(17)10-11-4-2-3-5-14(11)19-15(20)21;/h2-10H,1H3,(H,20,21);/b16-10-;. The van der Waals surface area contributed by atoms with Crippen LogP contribution in [0.15, 0.2) is 48.5 Å². The molecule has 0 fully saturated rings. The van der Waals surface area contributed by atoms with E-state index in [0.29, 0.717) is 22.7 Å². The first-order valence-corrected chi connectivity index (χ1v) is 6.91. The summed E-state index contributed by atoms with van der Waals surface area (Å²) in [4.78, 5) is 0. The summed E-state index contributed by atoms with van der Waals surface area (Å²) in [5.74, 6) is 1.17. The fourth-order valence-electron chi connectivity index (χ4n) is 1.70. The van der Waals surface area contributed by atoms with Crippen LogP contribution in [0.4, 0.5) is 5.69 Å². The number of thiocarbonyl (C=S) groups is 1. The van der Waals surface area contributed by atoms with E-state index in [1.54, 1.807) is 49.6 Å². The van der Waals surface area contributed by atoms with Gasteiger partial charge in [-0.2, -0.15) is 4.74 Å². The molecule has 0 unspecified atom stereocenters. The van der Waals surface area contributed by atoms with E-state index < -0.39 is 0 Å². The molecule has 0 heterocycles. The second-order valence-electron chi connectivity index (χ2n) is 4.06. The Morgan fingerprint density at radius 2 is 1.82 bits per heavy atom. The molecule has 0 spiro atoms. The second kappa shape index (κ2) is 9.66. The Bertz CT molecular complexity index is 675. The largest absolute Gasteiger partial charge is 0.618 e. The monoisotopic (exact) mass is 358 g/mol. The Hall–Kier alpha value is -0.414. The topological polar surface area (TPSA) is 44.5 Å². The number of benzene rings is 2. The van der Waals surface area contributed by atoms with Crippen LogP contribution in [0.2, 0.25) is 0 Å². The van der Waals surface area contributed by atoms with Gasteiger partial charge in [0.1, 0.15) is 11.5 Å².